The highest BCUT2D eigenvalue weighted by Crippen LogP contribution is 2.32. The van der Waals surface area contributed by atoms with Gasteiger partial charge in [0.1, 0.15) is 15.5 Å². The van der Waals surface area contributed by atoms with E-state index in [1.807, 2.05) is 4.72 Å². The van der Waals surface area contributed by atoms with Crippen molar-refractivity contribution in [3.63, 3.8) is 0 Å². The standard InChI is InChI=1S/C20H16ClN5O5S2/c1-22-10-2-4-12-14(8-10)25-19(28)17(18(12)27)13-5-3-11(9-23-13)24-20(29)26-33(30,31)16-7-6-15(21)32-16/h2-9,22H,1H3,(H2,24,26,29)(H2,25,27,28). The molecule has 2 amide bonds. The van der Waals surface area contributed by atoms with Gasteiger partial charge in [-0.2, -0.15) is 0 Å². The van der Waals surface area contributed by atoms with Gasteiger partial charge in [0.2, 0.25) is 0 Å². The Morgan fingerprint density at radius 1 is 1.15 bits per heavy atom. The molecule has 13 heteroatoms. The van der Waals surface area contributed by atoms with Crippen LogP contribution in [0.3, 0.4) is 0 Å². The lowest BCUT2D eigenvalue weighted by Gasteiger charge is -2.10. The van der Waals surface area contributed by atoms with E-state index in [9.17, 15) is 23.1 Å². The zero-order valence-electron chi connectivity index (χ0n) is 16.8. The van der Waals surface area contributed by atoms with Crippen molar-refractivity contribution in [2.24, 2.45) is 0 Å². The van der Waals surface area contributed by atoms with E-state index < -0.39 is 21.6 Å². The van der Waals surface area contributed by atoms with Crippen molar-refractivity contribution in [1.82, 2.24) is 14.7 Å². The van der Waals surface area contributed by atoms with Crippen LogP contribution in [0, 0.1) is 0 Å². The van der Waals surface area contributed by atoms with Gasteiger partial charge in [-0.3, -0.25) is 9.78 Å². The number of aromatic hydroxyl groups is 1. The largest absolute Gasteiger partial charge is 0.506 e. The number of fused-ring (bicyclic) bond motifs is 1. The first-order valence-corrected chi connectivity index (χ1v) is 12.0. The van der Waals surface area contributed by atoms with Crippen LogP contribution >= 0.6 is 22.9 Å². The lowest BCUT2D eigenvalue weighted by atomic mass is 10.1. The maximum atomic E-state index is 12.6. The number of thiophene rings is 1. The fourth-order valence-electron chi connectivity index (χ4n) is 3.06. The van der Waals surface area contributed by atoms with Crippen LogP contribution in [0.15, 0.2) is 57.7 Å². The molecule has 0 aliphatic heterocycles. The van der Waals surface area contributed by atoms with E-state index in [2.05, 4.69) is 20.6 Å². The third-order valence-corrected chi connectivity index (χ3v) is 7.65. The lowest BCUT2D eigenvalue weighted by Crippen LogP contribution is -2.33. The molecule has 0 fully saturated rings. The second-order valence-corrected chi connectivity index (χ2v) is 10.4. The normalized spacial score (nSPS) is 11.3. The number of aromatic nitrogens is 2. The first kappa shape index (κ1) is 22.6. The van der Waals surface area contributed by atoms with Crippen molar-refractivity contribution in [3.8, 4) is 17.0 Å². The molecule has 3 heterocycles. The Hall–Kier alpha value is -3.61. The summed E-state index contributed by atoms with van der Waals surface area (Å²) in [6, 6.07) is 9.64. The Bertz CT molecular complexity index is 1530. The van der Waals surface area contributed by atoms with Crippen LogP contribution in [-0.2, 0) is 10.0 Å². The minimum absolute atomic E-state index is 0.0344. The predicted molar refractivity (Wildman–Crippen MR) is 128 cm³/mol. The monoisotopic (exact) mass is 505 g/mol. The number of hydrogen-bond acceptors (Lipinski definition) is 8. The zero-order valence-corrected chi connectivity index (χ0v) is 19.2. The number of rotatable bonds is 5. The average Bonchev–Trinajstić information content (AvgIpc) is 3.21. The zero-order chi connectivity index (χ0) is 23.8. The van der Waals surface area contributed by atoms with Crippen LogP contribution in [-0.4, -0.2) is 36.6 Å². The molecule has 0 aliphatic rings. The van der Waals surface area contributed by atoms with Crippen molar-refractivity contribution in [3.05, 3.63) is 63.4 Å². The second kappa shape index (κ2) is 8.73. The van der Waals surface area contributed by atoms with E-state index in [1.165, 1.54) is 30.5 Å². The third kappa shape index (κ3) is 4.62. The van der Waals surface area contributed by atoms with Gasteiger partial charge in [0.05, 0.1) is 27.4 Å². The van der Waals surface area contributed by atoms with Crippen LogP contribution in [0.1, 0.15) is 0 Å². The number of pyridine rings is 2. The topological polar surface area (TPSA) is 153 Å². The Kier molecular flexibility index (Phi) is 5.97. The average molecular weight is 506 g/mol. The van der Waals surface area contributed by atoms with E-state index in [-0.39, 0.29) is 31.2 Å². The number of carbonyl (C=O) groups is 1. The van der Waals surface area contributed by atoms with E-state index in [4.69, 9.17) is 11.6 Å². The Labute approximate surface area is 196 Å². The van der Waals surface area contributed by atoms with Gasteiger partial charge in [-0.25, -0.2) is 17.9 Å². The van der Waals surface area contributed by atoms with Gasteiger partial charge in [-0.1, -0.05) is 11.6 Å². The molecule has 0 saturated carbocycles. The van der Waals surface area contributed by atoms with Crippen LogP contribution in [0.2, 0.25) is 4.34 Å². The smallest absolute Gasteiger partial charge is 0.333 e. The van der Waals surface area contributed by atoms with E-state index in [0.29, 0.717) is 10.9 Å². The molecule has 5 N–H and O–H groups in total. The van der Waals surface area contributed by atoms with Crippen LogP contribution in [0.4, 0.5) is 16.2 Å². The maximum absolute atomic E-state index is 12.6. The van der Waals surface area contributed by atoms with Gasteiger partial charge in [0, 0.05) is 18.1 Å². The summed E-state index contributed by atoms with van der Waals surface area (Å²) in [4.78, 5) is 31.5. The van der Waals surface area contributed by atoms with Gasteiger partial charge < -0.3 is 20.7 Å². The van der Waals surface area contributed by atoms with E-state index in [0.717, 1.165) is 17.0 Å². The maximum Gasteiger partial charge on any atom is 0.333 e. The Morgan fingerprint density at radius 2 is 1.91 bits per heavy atom. The van der Waals surface area contributed by atoms with E-state index >= 15 is 0 Å². The number of amides is 2. The van der Waals surface area contributed by atoms with E-state index in [1.54, 1.807) is 25.2 Å². The summed E-state index contributed by atoms with van der Waals surface area (Å²) in [5, 5.41) is 16.4. The molecule has 0 aliphatic carbocycles. The first-order chi connectivity index (χ1) is 15.7. The van der Waals surface area contributed by atoms with Crippen molar-refractivity contribution in [1.29, 1.82) is 0 Å². The first-order valence-electron chi connectivity index (χ1n) is 9.30. The summed E-state index contributed by atoms with van der Waals surface area (Å²) in [5.74, 6) is -0.233. The number of sulfonamides is 1. The summed E-state index contributed by atoms with van der Waals surface area (Å²) in [7, 11) is -2.34. The minimum atomic E-state index is -4.08. The number of carbonyl (C=O) groups excluding carboxylic acids is 1. The molecule has 4 aromatic rings. The van der Waals surface area contributed by atoms with Gasteiger partial charge in [-0.15, -0.1) is 11.3 Å². The molecule has 0 bridgehead atoms. The molecule has 3 aromatic heterocycles. The summed E-state index contributed by atoms with van der Waals surface area (Å²) in [6.45, 7) is 0. The molecule has 170 valence electrons. The van der Waals surface area contributed by atoms with Crippen molar-refractivity contribution < 1.29 is 18.3 Å². The number of aromatic amines is 1. The molecule has 0 atom stereocenters. The Balaban J connectivity index is 1.55. The molecule has 0 saturated heterocycles. The highest BCUT2D eigenvalue weighted by Gasteiger charge is 2.20. The van der Waals surface area contributed by atoms with Gasteiger partial charge in [-0.05, 0) is 42.5 Å². The van der Waals surface area contributed by atoms with Crippen molar-refractivity contribution in [2.45, 2.75) is 4.21 Å². The molecular formula is C20H16ClN5O5S2. The SMILES string of the molecule is CNc1ccc2c(O)c(-c3ccc(NC(=O)NS(=O)(=O)c4ccc(Cl)s4)cn3)c(=O)[nH]c2c1. The number of urea groups is 1. The molecular weight excluding hydrogens is 490 g/mol. The lowest BCUT2D eigenvalue weighted by molar-refractivity contribution is 0.256. The van der Waals surface area contributed by atoms with Gasteiger partial charge in [0.25, 0.3) is 15.6 Å². The number of nitrogens with zero attached hydrogens (tertiary/aromatic N) is 1. The molecule has 0 radical (unpaired) electrons. The number of hydrogen-bond donors (Lipinski definition) is 5. The van der Waals surface area contributed by atoms with Crippen molar-refractivity contribution >= 4 is 61.3 Å². The fraction of sp³-hybridized carbons (Fsp3) is 0.0500. The quantitative estimate of drug-likeness (QED) is 0.278. The number of nitrogens with one attached hydrogen (secondary N) is 4. The second-order valence-electron chi connectivity index (χ2n) is 6.74. The molecule has 33 heavy (non-hydrogen) atoms. The van der Waals surface area contributed by atoms with Crippen LogP contribution < -0.4 is 20.9 Å². The molecule has 10 nitrogen and oxygen atoms in total. The number of benzene rings is 1. The number of halogens is 1. The third-order valence-electron chi connectivity index (χ3n) is 4.59. The summed E-state index contributed by atoms with van der Waals surface area (Å²) >= 11 is 6.55. The molecule has 0 spiro atoms. The van der Waals surface area contributed by atoms with Crippen LogP contribution in [0.25, 0.3) is 22.2 Å². The summed E-state index contributed by atoms with van der Waals surface area (Å²) in [5.41, 5.74) is 0.983. The minimum Gasteiger partial charge on any atom is -0.506 e. The van der Waals surface area contributed by atoms with Crippen LogP contribution in [0.5, 0.6) is 5.75 Å². The number of H-pyrrole nitrogens is 1. The molecule has 1 aromatic carbocycles. The summed E-state index contributed by atoms with van der Waals surface area (Å²) in [6.07, 6.45) is 1.23. The molecule has 0 unspecified atom stereocenters. The van der Waals surface area contributed by atoms with Crippen molar-refractivity contribution in [2.75, 3.05) is 17.7 Å². The van der Waals surface area contributed by atoms with Gasteiger partial charge in [0.15, 0.2) is 0 Å². The highest BCUT2D eigenvalue weighted by atomic mass is 35.5. The number of anilines is 2. The summed E-state index contributed by atoms with van der Waals surface area (Å²) < 4.78 is 26.4. The highest BCUT2D eigenvalue weighted by molar-refractivity contribution is 7.92. The fourth-order valence-corrected chi connectivity index (χ4v) is 5.45. The molecule has 4 rings (SSSR count). The predicted octanol–water partition coefficient (Wildman–Crippen LogP) is 3.56. The van der Waals surface area contributed by atoms with Gasteiger partial charge >= 0.3 is 6.03 Å². The Morgan fingerprint density at radius 3 is 2.55 bits per heavy atom.